The number of nitriles is 1. The lowest BCUT2D eigenvalue weighted by Gasteiger charge is -1.98. The van der Waals surface area contributed by atoms with Gasteiger partial charge in [0.15, 0.2) is 0 Å². The number of hydrogen-bond acceptors (Lipinski definition) is 3. The van der Waals surface area contributed by atoms with Crippen LogP contribution < -0.4 is 5.73 Å². The second-order valence-electron chi connectivity index (χ2n) is 1.86. The van der Waals surface area contributed by atoms with Gasteiger partial charge in [-0.05, 0) is 12.1 Å². The van der Waals surface area contributed by atoms with Gasteiger partial charge in [0.1, 0.15) is 6.04 Å². The Morgan fingerprint density at radius 3 is 2.90 bits per heavy atom. The third kappa shape index (κ3) is 1.30. The summed E-state index contributed by atoms with van der Waals surface area (Å²) in [6, 6.07) is 6.62. The monoisotopic (exact) mass is 133 g/mol. The number of rotatable bonds is 1. The Hall–Kier alpha value is -1.40. The molecule has 0 spiro atoms. The molecule has 10 heavy (non-hydrogen) atoms. The summed E-state index contributed by atoms with van der Waals surface area (Å²) in [7, 11) is 0. The summed E-state index contributed by atoms with van der Waals surface area (Å²) in [6.45, 7) is 0. The lowest BCUT2D eigenvalue weighted by molar-refractivity contribution is 0.875. The highest BCUT2D eigenvalue weighted by atomic mass is 14.8. The van der Waals surface area contributed by atoms with Crippen molar-refractivity contribution in [3.05, 3.63) is 30.1 Å². The van der Waals surface area contributed by atoms with Crippen LogP contribution in [0, 0.1) is 11.3 Å². The Labute approximate surface area is 59.1 Å². The van der Waals surface area contributed by atoms with E-state index in [1.165, 1.54) is 0 Å². The van der Waals surface area contributed by atoms with E-state index in [1.54, 1.807) is 24.4 Å². The summed E-state index contributed by atoms with van der Waals surface area (Å²) < 4.78 is 0. The van der Waals surface area contributed by atoms with Gasteiger partial charge in [0, 0.05) is 6.20 Å². The van der Waals surface area contributed by atoms with Gasteiger partial charge in [0.2, 0.25) is 0 Å². The fourth-order valence-electron chi connectivity index (χ4n) is 0.626. The highest BCUT2D eigenvalue weighted by Crippen LogP contribution is 2.02. The Balaban J connectivity index is 2.88. The van der Waals surface area contributed by atoms with Crippen LogP contribution in [-0.4, -0.2) is 4.98 Å². The van der Waals surface area contributed by atoms with Crippen LogP contribution in [0.2, 0.25) is 0 Å². The summed E-state index contributed by atoms with van der Waals surface area (Å²) in [5, 5.41) is 8.37. The zero-order valence-electron chi connectivity index (χ0n) is 5.36. The van der Waals surface area contributed by atoms with Crippen molar-refractivity contribution in [1.82, 2.24) is 4.98 Å². The summed E-state index contributed by atoms with van der Waals surface area (Å²) >= 11 is 0. The molecule has 0 aliphatic rings. The summed E-state index contributed by atoms with van der Waals surface area (Å²) in [4.78, 5) is 3.90. The number of pyridine rings is 1. The van der Waals surface area contributed by atoms with E-state index in [9.17, 15) is 0 Å². The SMILES string of the molecule is N#C[C@@H](N)c1ccccn1. The lowest BCUT2D eigenvalue weighted by atomic mass is 10.2. The van der Waals surface area contributed by atoms with Crippen molar-refractivity contribution in [1.29, 1.82) is 5.26 Å². The minimum Gasteiger partial charge on any atom is -0.311 e. The van der Waals surface area contributed by atoms with Crippen LogP contribution in [0.5, 0.6) is 0 Å². The molecule has 0 saturated carbocycles. The van der Waals surface area contributed by atoms with Gasteiger partial charge in [-0.15, -0.1) is 0 Å². The molecule has 3 nitrogen and oxygen atoms in total. The Bertz CT molecular complexity index is 237. The minimum atomic E-state index is -0.596. The van der Waals surface area contributed by atoms with Crippen molar-refractivity contribution in [2.45, 2.75) is 6.04 Å². The van der Waals surface area contributed by atoms with Crippen LogP contribution in [0.4, 0.5) is 0 Å². The molecular weight excluding hydrogens is 126 g/mol. The molecule has 50 valence electrons. The molecule has 1 aromatic heterocycles. The van der Waals surface area contributed by atoms with Crippen LogP contribution in [0.1, 0.15) is 11.7 Å². The van der Waals surface area contributed by atoms with Crippen molar-refractivity contribution in [3.8, 4) is 6.07 Å². The summed E-state index contributed by atoms with van der Waals surface area (Å²) in [5.41, 5.74) is 5.99. The standard InChI is InChI=1S/C7H7N3/c8-5-6(9)7-3-1-2-4-10-7/h1-4,6H,9H2/t6-/m1/s1. The maximum absolute atomic E-state index is 8.37. The van der Waals surface area contributed by atoms with Crippen molar-refractivity contribution in [3.63, 3.8) is 0 Å². The Kier molecular flexibility index (Phi) is 1.98. The first-order valence-electron chi connectivity index (χ1n) is 2.90. The molecule has 1 rings (SSSR count). The van der Waals surface area contributed by atoms with E-state index in [0.717, 1.165) is 0 Å². The average molecular weight is 133 g/mol. The van der Waals surface area contributed by atoms with Gasteiger partial charge in [-0.1, -0.05) is 6.07 Å². The zero-order chi connectivity index (χ0) is 7.40. The summed E-state index contributed by atoms with van der Waals surface area (Å²) in [6.07, 6.45) is 1.62. The van der Waals surface area contributed by atoms with E-state index < -0.39 is 6.04 Å². The van der Waals surface area contributed by atoms with Gasteiger partial charge in [-0.3, -0.25) is 4.98 Å². The van der Waals surface area contributed by atoms with Crippen molar-refractivity contribution < 1.29 is 0 Å². The van der Waals surface area contributed by atoms with Gasteiger partial charge >= 0.3 is 0 Å². The van der Waals surface area contributed by atoms with E-state index in [1.807, 2.05) is 6.07 Å². The van der Waals surface area contributed by atoms with E-state index in [4.69, 9.17) is 11.0 Å². The third-order valence-corrected chi connectivity index (χ3v) is 1.15. The molecule has 1 heterocycles. The first-order valence-corrected chi connectivity index (χ1v) is 2.90. The lowest BCUT2D eigenvalue weighted by Crippen LogP contribution is -2.08. The van der Waals surface area contributed by atoms with E-state index in [2.05, 4.69) is 4.98 Å². The molecule has 0 unspecified atom stereocenters. The molecule has 0 amide bonds. The highest BCUT2D eigenvalue weighted by Gasteiger charge is 2.01. The quantitative estimate of drug-likeness (QED) is 0.610. The topological polar surface area (TPSA) is 62.7 Å². The zero-order valence-corrected chi connectivity index (χ0v) is 5.36. The molecule has 3 heteroatoms. The van der Waals surface area contributed by atoms with Gasteiger partial charge in [0.25, 0.3) is 0 Å². The maximum Gasteiger partial charge on any atom is 0.135 e. The molecule has 0 aliphatic carbocycles. The Morgan fingerprint density at radius 2 is 2.40 bits per heavy atom. The second-order valence-corrected chi connectivity index (χ2v) is 1.86. The molecule has 0 aliphatic heterocycles. The predicted molar refractivity (Wildman–Crippen MR) is 36.8 cm³/mol. The van der Waals surface area contributed by atoms with Crippen LogP contribution in [0.15, 0.2) is 24.4 Å². The normalized spacial score (nSPS) is 12.0. The smallest absolute Gasteiger partial charge is 0.135 e. The van der Waals surface area contributed by atoms with Gasteiger partial charge in [0.05, 0.1) is 11.8 Å². The van der Waals surface area contributed by atoms with Gasteiger partial charge in [-0.2, -0.15) is 5.26 Å². The van der Waals surface area contributed by atoms with Crippen molar-refractivity contribution in [2.75, 3.05) is 0 Å². The third-order valence-electron chi connectivity index (χ3n) is 1.15. The van der Waals surface area contributed by atoms with E-state index in [0.29, 0.717) is 5.69 Å². The van der Waals surface area contributed by atoms with E-state index in [-0.39, 0.29) is 0 Å². The molecule has 1 atom stereocenters. The van der Waals surface area contributed by atoms with Crippen molar-refractivity contribution >= 4 is 0 Å². The summed E-state index contributed by atoms with van der Waals surface area (Å²) in [5.74, 6) is 0. The largest absolute Gasteiger partial charge is 0.311 e. The van der Waals surface area contributed by atoms with Gasteiger partial charge < -0.3 is 5.73 Å². The molecule has 2 N–H and O–H groups in total. The number of nitrogens with zero attached hydrogens (tertiary/aromatic N) is 2. The Morgan fingerprint density at radius 1 is 1.60 bits per heavy atom. The molecular formula is C7H7N3. The fourth-order valence-corrected chi connectivity index (χ4v) is 0.626. The van der Waals surface area contributed by atoms with Crippen LogP contribution in [0.25, 0.3) is 0 Å². The molecule has 0 saturated heterocycles. The number of aromatic nitrogens is 1. The number of hydrogen-bond donors (Lipinski definition) is 1. The molecule has 0 fully saturated rings. The maximum atomic E-state index is 8.37. The van der Waals surface area contributed by atoms with E-state index >= 15 is 0 Å². The highest BCUT2D eigenvalue weighted by molar-refractivity contribution is 5.13. The molecule has 0 radical (unpaired) electrons. The van der Waals surface area contributed by atoms with Gasteiger partial charge in [-0.25, -0.2) is 0 Å². The first kappa shape index (κ1) is 6.72. The minimum absolute atomic E-state index is 0.596. The average Bonchev–Trinajstić information content (AvgIpc) is 2.05. The van der Waals surface area contributed by atoms with Crippen LogP contribution in [-0.2, 0) is 0 Å². The molecule has 0 aromatic carbocycles. The van der Waals surface area contributed by atoms with Crippen LogP contribution in [0.3, 0.4) is 0 Å². The van der Waals surface area contributed by atoms with Crippen molar-refractivity contribution in [2.24, 2.45) is 5.73 Å². The second kappa shape index (κ2) is 2.95. The van der Waals surface area contributed by atoms with Crippen LogP contribution >= 0.6 is 0 Å². The predicted octanol–water partition coefficient (Wildman–Crippen LogP) is 0.605. The molecule has 0 bridgehead atoms. The number of nitrogens with two attached hydrogens (primary N) is 1. The fraction of sp³-hybridized carbons (Fsp3) is 0.143. The molecule has 1 aromatic rings. The first-order chi connectivity index (χ1) is 4.84.